The summed E-state index contributed by atoms with van der Waals surface area (Å²) in [5.74, 6) is -1.59. The van der Waals surface area contributed by atoms with Crippen LogP contribution in [0.25, 0.3) is 21.5 Å². The zero-order chi connectivity index (χ0) is 26.0. The second-order valence-corrected chi connectivity index (χ2v) is 10.6. The van der Waals surface area contributed by atoms with Gasteiger partial charge < -0.3 is 14.8 Å². The largest absolute Gasteiger partial charge is 0.459 e. The number of carbonyl (C=O) groups excluding carboxylic acids is 3. The zero-order valence-electron chi connectivity index (χ0n) is 20.6. The maximum atomic E-state index is 13.6. The molecule has 7 nitrogen and oxygen atoms in total. The topological polar surface area (TPSA) is 94.6 Å². The van der Waals surface area contributed by atoms with Crippen molar-refractivity contribution in [1.82, 2.24) is 4.98 Å². The summed E-state index contributed by atoms with van der Waals surface area (Å²) in [4.78, 5) is 45.2. The van der Waals surface area contributed by atoms with E-state index in [2.05, 4.69) is 5.32 Å². The van der Waals surface area contributed by atoms with Gasteiger partial charge in [-0.2, -0.15) is 0 Å². The molecule has 1 N–H and O–H groups in total. The quantitative estimate of drug-likeness (QED) is 0.271. The maximum absolute atomic E-state index is 13.6. The van der Waals surface area contributed by atoms with Crippen LogP contribution < -0.4 is 5.32 Å². The normalized spacial score (nSPS) is 11.2. The first-order valence-corrected chi connectivity index (χ1v) is 13.2. The van der Waals surface area contributed by atoms with E-state index >= 15 is 0 Å². The first-order chi connectivity index (χ1) is 17.2. The number of pyridine rings is 1. The third kappa shape index (κ3) is 5.32. The van der Waals surface area contributed by atoms with E-state index in [1.165, 1.54) is 11.3 Å². The molecule has 4 aromatic rings. The fraction of sp³-hybridized carbons (Fsp3) is 0.259. The van der Waals surface area contributed by atoms with E-state index in [4.69, 9.17) is 14.5 Å². The molecule has 0 atom stereocenters. The second-order valence-electron chi connectivity index (χ2n) is 8.67. The molecule has 0 spiro atoms. The average Bonchev–Trinajstić information content (AvgIpc) is 3.45. The molecule has 0 fully saturated rings. The van der Waals surface area contributed by atoms with E-state index in [9.17, 15) is 14.4 Å². The van der Waals surface area contributed by atoms with Crippen LogP contribution in [0, 0.1) is 6.92 Å². The first kappa shape index (κ1) is 25.5. The number of anilines is 1. The Bertz CT molecular complexity index is 1440. The zero-order valence-corrected chi connectivity index (χ0v) is 22.2. The van der Waals surface area contributed by atoms with Crippen LogP contribution in [-0.2, 0) is 9.47 Å². The molecule has 0 saturated carbocycles. The second kappa shape index (κ2) is 10.6. The summed E-state index contributed by atoms with van der Waals surface area (Å²) in [6.45, 7) is 8.62. The van der Waals surface area contributed by atoms with E-state index in [-0.39, 0.29) is 27.6 Å². The fourth-order valence-electron chi connectivity index (χ4n) is 3.67. The highest BCUT2D eigenvalue weighted by Gasteiger charge is 2.29. The highest BCUT2D eigenvalue weighted by Crippen LogP contribution is 2.36. The van der Waals surface area contributed by atoms with Gasteiger partial charge in [-0.15, -0.1) is 22.7 Å². The molecule has 3 aromatic heterocycles. The number of amides is 1. The standard InChI is InChI=1S/C27H26N2O5S2/c1-14(2)33-26(31)22-16(5)23(27(32)34-15(3)4)36-25(22)29-24(30)18-13-20(21-11-8-12-35-21)28-19-10-7-6-9-17(18)19/h6-15H,1-5H3,(H,29,30). The Kier molecular flexibility index (Phi) is 7.51. The lowest BCUT2D eigenvalue weighted by molar-refractivity contribution is 0.0378. The molecule has 3 heterocycles. The van der Waals surface area contributed by atoms with Crippen molar-refractivity contribution >= 4 is 56.4 Å². The maximum Gasteiger partial charge on any atom is 0.348 e. The number of carbonyl (C=O) groups is 3. The van der Waals surface area contributed by atoms with Gasteiger partial charge >= 0.3 is 11.9 Å². The summed E-state index contributed by atoms with van der Waals surface area (Å²) >= 11 is 2.53. The highest BCUT2D eigenvalue weighted by molar-refractivity contribution is 7.18. The van der Waals surface area contributed by atoms with Gasteiger partial charge in [-0.3, -0.25) is 4.79 Å². The summed E-state index contributed by atoms with van der Waals surface area (Å²) < 4.78 is 10.8. The van der Waals surface area contributed by atoms with Gasteiger partial charge in [0.1, 0.15) is 9.88 Å². The predicted octanol–water partition coefficient (Wildman–Crippen LogP) is 6.72. The van der Waals surface area contributed by atoms with E-state index < -0.39 is 17.8 Å². The number of aromatic nitrogens is 1. The molecule has 1 amide bonds. The summed E-state index contributed by atoms with van der Waals surface area (Å²) in [5.41, 5.74) is 2.32. The van der Waals surface area contributed by atoms with E-state index in [1.807, 2.05) is 41.8 Å². The van der Waals surface area contributed by atoms with E-state index in [0.717, 1.165) is 16.2 Å². The van der Waals surface area contributed by atoms with E-state index in [1.54, 1.807) is 40.7 Å². The van der Waals surface area contributed by atoms with Gasteiger partial charge in [0.15, 0.2) is 0 Å². The summed E-state index contributed by atoms with van der Waals surface area (Å²) in [6.07, 6.45) is -0.703. The number of thiophene rings is 2. The molecular weight excluding hydrogens is 496 g/mol. The number of hydrogen-bond acceptors (Lipinski definition) is 8. The molecule has 36 heavy (non-hydrogen) atoms. The van der Waals surface area contributed by atoms with Crippen LogP contribution in [0.15, 0.2) is 47.8 Å². The Labute approximate surface area is 217 Å². The molecule has 0 aliphatic heterocycles. The van der Waals surface area contributed by atoms with Crippen molar-refractivity contribution in [2.24, 2.45) is 0 Å². The predicted molar refractivity (Wildman–Crippen MR) is 143 cm³/mol. The van der Waals surface area contributed by atoms with Crippen LogP contribution in [0.5, 0.6) is 0 Å². The average molecular weight is 523 g/mol. The molecule has 0 bridgehead atoms. The SMILES string of the molecule is Cc1c(C(=O)OC(C)C)sc(NC(=O)c2cc(-c3cccs3)nc3ccccc23)c1C(=O)OC(C)C. The Morgan fingerprint density at radius 1 is 0.944 bits per heavy atom. The molecule has 1 aromatic carbocycles. The van der Waals surface area contributed by atoms with E-state index in [0.29, 0.717) is 27.7 Å². The van der Waals surface area contributed by atoms with Crippen LogP contribution in [0.1, 0.15) is 63.6 Å². The molecule has 9 heteroatoms. The Morgan fingerprint density at radius 3 is 2.31 bits per heavy atom. The highest BCUT2D eigenvalue weighted by atomic mass is 32.1. The molecule has 0 aliphatic rings. The number of benzene rings is 1. The van der Waals surface area contributed by atoms with Gasteiger partial charge in [0, 0.05) is 5.39 Å². The summed E-state index contributed by atoms with van der Waals surface area (Å²) in [7, 11) is 0. The van der Waals surface area contributed by atoms with Crippen LogP contribution in [0.3, 0.4) is 0 Å². The number of para-hydroxylation sites is 1. The third-order valence-electron chi connectivity index (χ3n) is 5.18. The number of fused-ring (bicyclic) bond motifs is 1. The third-order valence-corrected chi connectivity index (χ3v) is 7.26. The van der Waals surface area contributed by atoms with Gasteiger partial charge in [-0.05, 0) is 63.8 Å². The van der Waals surface area contributed by atoms with Gasteiger partial charge in [-0.25, -0.2) is 14.6 Å². The minimum atomic E-state index is -0.614. The van der Waals surface area contributed by atoms with Crippen molar-refractivity contribution in [2.45, 2.75) is 46.8 Å². The van der Waals surface area contributed by atoms with Crippen LogP contribution >= 0.6 is 22.7 Å². The monoisotopic (exact) mass is 522 g/mol. The molecule has 4 rings (SSSR count). The summed E-state index contributed by atoms with van der Waals surface area (Å²) in [6, 6.07) is 13.0. The lowest BCUT2D eigenvalue weighted by Crippen LogP contribution is -2.17. The smallest absolute Gasteiger partial charge is 0.348 e. The number of ether oxygens (including phenoxy) is 2. The number of nitrogens with one attached hydrogen (secondary N) is 1. The van der Waals surface area contributed by atoms with Crippen LogP contribution in [-0.4, -0.2) is 35.0 Å². The van der Waals surface area contributed by atoms with Gasteiger partial charge in [0.2, 0.25) is 0 Å². The van der Waals surface area contributed by atoms with Crippen molar-refractivity contribution in [1.29, 1.82) is 0 Å². The molecule has 0 aliphatic carbocycles. The van der Waals surface area contributed by atoms with Crippen molar-refractivity contribution in [3.8, 4) is 10.6 Å². The Morgan fingerprint density at radius 2 is 1.64 bits per heavy atom. The molecule has 0 radical (unpaired) electrons. The van der Waals surface area contributed by atoms with Crippen LogP contribution in [0.2, 0.25) is 0 Å². The van der Waals surface area contributed by atoms with Gasteiger partial charge in [0.25, 0.3) is 5.91 Å². The molecule has 0 saturated heterocycles. The van der Waals surface area contributed by atoms with Gasteiger partial charge in [0.05, 0.1) is 39.4 Å². The van der Waals surface area contributed by atoms with Crippen molar-refractivity contribution in [2.75, 3.05) is 5.32 Å². The van der Waals surface area contributed by atoms with Crippen LogP contribution in [0.4, 0.5) is 5.00 Å². The number of rotatable bonds is 7. The lowest BCUT2D eigenvalue weighted by Gasteiger charge is -2.12. The Hall–Kier alpha value is -3.56. The van der Waals surface area contributed by atoms with Gasteiger partial charge in [-0.1, -0.05) is 24.3 Å². The number of esters is 2. The Balaban J connectivity index is 1.79. The molecular formula is C27H26N2O5S2. The van der Waals surface area contributed by atoms with Crippen molar-refractivity contribution < 1.29 is 23.9 Å². The minimum Gasteiger partial charge on any atom is -0.459 e. The molecule has 186 valence electrons. The fourth-order valence-corrected chi connectivity index (χ4v) is 5.43. The number of nitrogens with zero attached hydrogens (tertiary/aromatic N) is 1. The minimum absolute atomic E-state index is 0.148. The van der Waals surface area contributed by atoms with Crippen molar-refractivity contribution in [3.63, 3.8) is 0 Å². The van der Waals surface area contributed by atoms with Crippen molar-refractivity contribution in [3.05, 3.63) is 69.4 Å². The first-order valence-electron chi connectivity index (χ1n) is 11.5. The molecule has 0 unspecified atom stereocenters. The number of hydrogen-bond donors (Lipinski definition) is 1. The lowest BCUT2D eigenvalue weighted by atomic mass is 10.1. The summed E-state index contributed by atoms with van der Waals surface area (Å²) in [5, 5.41) is 5.72.